The van der Waals surface area contributed by atoms with Crippen LogP contribution in [-0.4, -0.2) is 146 Å². The van der Waals surface area contributed by atoms with Gasteiger partial charge in [0.25, 0.3) is 0 Å². The molecule has 1 aliphatic rings. The number of hydrogen-bond donors (Lipinski definition) is 16. The lowest BCUT2D eigenvalue weighted by atomic mass is 10.3. The van der Waals surface area contributed by atoms with E-state index in [1.807, 2.05) is 0 Å². The van der Waals surface area contributed by atoms with Crippen molar-refractivity contribution in [1.29, 1.82) is 16.2 Å². The van der Waals surface area contributed by atoms with Crippen molar-refractivity contribution >= 4 is 59.1 Å². The summed E-state index contributed by atoms with van der Waals surface area (Å²) in [5, 5.41) is 52.7. The Labute approximate surface area is 236 Å². The van der Waals surface area contributed by atoms with Crippen LogP contribution in [-0.2, 0) is 28.1 Å². The standard InChI is InChI=1S/C5H10N3O5P.C5H11N3O2.C4H10N3O5P.H3O4P/c6-5-7(3-4(9)10)1-2-8(5)14(11,12)13;1-3(4(9)10)8-5(6)7-2;1-7(2-3(8)9)4(5)6-13(10,11)12;1-5(2,3)4/h6H,1-3H2,(H,9,10)(H2,11,12,13);3H,1-2H3,(H,9,10)(H3,6,7,8);2H2,1H3,(H,8,9)(H4,5,6,10,11,12);(H3,1,2,3,4). The monoisotopic (exact) mass is 677 g/mol. The van der Waals surface area contributed by atoms with Crippen molar-refractivity contribution < 1.29 is 77.7 Å². The minimum absolute atomic E-state index is 0.00917. The molecule has 28 heteroatoms. The Hall–Kier alpha value is -3.37. The van der Waals surface area contributed by atoms with E-state index in [0.29, 0.717) is 4.67 Å². The van der Waals surface area contributed by atoms with E-state index in [4.69, 9.17) is 70.4 Å². The molecule has 1 unspecified atom stereocenters. The molecule has 1 heterocycles. The molecule has 0 aromatic heterocycles. The predicted octanol–water partition coefficient (Wildman–Crippen LogP) is -4.39. The first kappa shape index (κ1) is 43.1. The van der Waals surface area contributed by atoms with E-state index in [-0.39, 0.29) is 19.0 Å². The Morgan fingerprint density at radius 2 is 1.40 bits per heavy atom. The topological polar surface area (TPSA) is 422 Å². The fourth-order valence-electron chi connectivity index (χ4n) is 2.02. The van der Waals surface area contributed by atoms with Crippen molar-refractivity contribution in [2.24, 2.45) is 0 Å². The summed E-state index contributed by atoms with van der Waals surface area (Å²) in [4.78, 5) is 88.3. The van der Waals surface area contributed by atoms with Crippen LogP contribution in [0, 0.1) is 16.2 Å². The predicted molar refractivity (Wildman–Crippen MR) is 140 cm³/mol. The van der Waals surface area contributed by atoms with Gasteiger partial charge in [-0.05, 0) is 6.92 Å². The van der Waals surface area contributed by atoms with Crippen molar-refractivity contribution in [1.82, 2.24) is 30.2 Å². The first-order valence-corrected chi connectivity index (χ1v) is 15.1. The number of hydrogen-bond acceptors (Lipinski definition) is 9. The molecule has 0 radical (unpaired) electrons. The Balaban J connectivity index is -0.000000508. The van der Waals surface area contributed by atoms with Crippen LogP contribution in [0.15, 0.2) is 0 Å². The molecular weight excluding hydrogens is 643 g/mol. The quantitative estimate of drug-likeness (QED) is 0.0655. The lowest BCUT2D eigenvalue weighted by Gasteiger charge is -2.20. The fourth-order valence-corrected chi connectivity index (χ4v) is 3.19. The van der Waals surface area contributed by atoms with E-state index in [0.717, 1.165) is 9.80 Å². The summed E-state index contributed by atoms with van der Waals surface area (Å²) in [6.45, 7) is 0.641. The zero-order chi connectivity index (χ0) is 34.2. The van der Waals surface area contributed by atoms with Crippen LogP contribution in [0.3, 0.4) is 0 Å². The van der Waals surface area contributed by atoms with Crippen molar-refractivity contribution in [2.45, 2.75) is 13.0 Å². The number of aliphatic carboxylic acids is 3. The summed E-state index contributed by atoms with van der Waals surface area (Å²) in [5.41, 5.74) is 0. The molecule has 0 aromatic rings. The summed E-state index contributed by atoms with van der Waals surface area (Å²) in [5.74, 6) is -4.38. The van der Waals surface area contributed by atoms with Crippen LogP contribution in [0.25, 0.3) is 0 Å². The van der Waals surface area contributed by atoms with Gasteiger partial charge in [0.15, 0.2) is 11.9 Å². The lowest BCUT2D eigenvalue weighted by Crippen LogP contribution is -2.43. The van der Waals surface area contributed by atoms with E-state index in [9.17, 15) is 23.5 Å². The molecule has 0 saturated carbocycles. The maximum absolute atomic E-state index is 10.8. The van der Waals surface area contributed by atoms with E-state index >= 15 is 0 Å². The van der Waals surface area contributed by atoms with E-state index in [1.165, 1.54) is 19.1 Å². The highest BCUT2D eigenvalue weighted by Crippen LogP contribution is 2.42. The minimum atomic E-state index is -4.64. The third-order valence-electron chi connectivity index (χ3n) is 3.75. The molecule has 0 bridgehead atoms. The molecule has 1 atom stereocenters. The normalized spacial score (nSPS) is 13.4. The summed E-state index contributed by atoms with van der Waals surface area (Å²) in [6.07, 6.45) is 0. The summed E-state index contributed by atoms with van der Waals surface area (Å²) >= 11 is 0. The third kappa shape index (κ3) is 25.6. The van der Waals surface area contributed by atoms with Crippen LogP contribution in [0.1, 0.15) is 6.92 Å². The molecule has 0 aromatic carbocycles. The van der Waals surface area contributed by atoms with Crippen LogP contribution in [0.4, 0.5) is 0 Å². The number of nitrogens with one attached hydrogen (secondary N) is 6. The van der Waals surface area contributed by atoms with Crippen LogP contribution < -0.4 is 15.7 Å². The SMILES string of the molecule is CN(CC(=O)O)C(=N)NP(=O)(O)O.CNC(=N)NC(C)C(=O)O.N=C1N(CC(=O)O)CCN1P(=O)(O)O.O=P(O)(O)O. The Morgan fingerprint density at radius 3 is 1.69 bits per heavy atom. The highest BCUT2D eigenvalue weighted by molar-refractivity contribution is 7.50. The van der Waals surface area contributed by atoms with Crippen molar-refractivity contribution in [2.75, 3.05) is 40.3 Å². The van der Waals surface area contributed by atoms with Crippen molar-refractivity contribution in [3.63, 3.8) is 0 Å². The second-order valence-corrected chi connectivity index (χ2v) is 11.2. The smallest absolute Gasteiger partial charge is 0.466 e. The van der Waals surface area contributed by atoms with Gasteiger partial charge < -0.3 is 70.0 Å². The van der Waals surface area contributed by atoms with Gasteiger partial charge in [-0.1, -0.05) is 0 Å². The maximum Gasteiger partial charge on any atom is 0.466 e. The molecule has 0 aliphatic carbocycles. The largest absolute Gasteiger partial charge is 0.480 e. The molecular formula is C14H34N9O16P3. The zero-order valence-corrected chi connectivity index (χ0v) is 24.7. The van der Waals surface area contributed by atoms with Gasteiger partial charge in [0.1, 0.15) is 19.1 Å². The number of carboxylic acid groups (broad SMARTS) is 3. The maximum atomic E-state index is 10.8. The van der Waals surface area contributed by atoms with Crippen LogP contribution in [0.5, 0.6) is 0 Å². The Kier molecular flexibility index (Phi) is 19.4. The average molecular weight is 677 g/mol. The van der Waals surface area contributed by atoms with Crippen molar-refractivity contribution in [3.8, 4) is 0 Å². The summed E-state index contributed by atoms with van der Waals surface area (Å²) in [6, 6.07) is -0.722. The van der Waals surface area contributed by atoms with Gasteiger partial charge in [-0.3, -0.25) is 35.7 Å². The average Bonchev–Trinajstić information content (AvgIpc) is 3.11. The van der Waals surface area contributed by atoms with Crippen LogP contribution in [0.2, 0.25) is 0 Å². The molecule has 1 rings (SSSR count). The van der Waals surface area contributed by atoms with Gasteiger partial charge in [-0.25, -0.2) is 18.4 Å². The minimum Gasteiger partial charge on any atom is -0.480 e. The molecule has 0 amide bonds. The second kappa shape index (κ2) is 18.9. The van der Waals surface area contributed by atoms with Crippen LogP contribution >= 0.6 is 23.3 Å². The van der Waals surface area contributed by atoms with Gasteiger partial charge in [-0.2, -0.15) is 0 Å². The number of phosphoric acid groups is 1. The van der Waals surface area contributed by atoms with E-state index in [2.05, 4.69) is 10.6 Å². The Morgan fingerprint density at radius 1 is 0.952 bits per heavy atom. The zero-order valence-electron chi connectivity index (χ0n) is 22.0. The molecule has 1 saturated heterocycles. The molecule has 25 nitrogen and oxygen atoms in total. The number of carboxylic acids is 3. The van der Waals surface area contributed by atoms with Gasteiger partial charge in [0.05, 0.1) is 0 Å². The number of rotatable bonds is 8. The number of likely N-dealkylation sites (N-methyl/N-ethyl adjacent to an activating group) is 1. The van der Waals surface area contributed by atoms with Gasteiger partial charge in [0, 0.05) is 27.2 Å². The van der Waals surface area contributed by atoms with Gasteiger partial charge in [-0.15, -0.1) is 0 Å². The van der Waals surface area contributed by atoms with Gasteiger partial charge >= 0.3 is 41.2 Å². The fraction of sp³-hybridized carbons (Fsp3) is 0.571. The highest BCUT2D eigenvalue weighted by atomic mass is 31.2. The number of guanidine groups is 3. The number of nitrogens with zero attached hydrogens (tertiary/aromatic N) is 3. The molecule has 16 N–H and O–H groups in total. The molecule has 1 aliphatic heterocycles. The molecule has 1 fully saturated rings. The molecule has 246 valence electrons. The lowest BCUT2D eigenvalue weighted by molar-refractivity contribution is -0.139. The van der Waals surface area contributed by atoms with Gasteiger partial charge in [0.2, 0.25) is 5.96 Å². The Bertz CT molecular complexity index is 1100. The van der Waals surface area contributed by atoms with E-state index in [1.54, 1.807) is 7.05 Å². The summed E-state index contributed by atoms with van der Waals surface area (Å²) in [7, 11) is -10.9. The first-order chi connectivity index (χ1) is 18.6. The molecule has 42 heavy (non-hydrogen) atoms. The first-order valence-electron chi connectivity index (χ1n) is 10.4. The van der Waals surface area contributed by atoms with Crippen molar-refractivity contribution in [3.05, 3.63) is 0 Å². The highest BCUT2D eigenvalue weighted by Gasteiger charge is 2.36. The second-order valence-electron chi connectivity index (χ2n) is 7.37. The summed E-state index contributed by atoms with van der Waals surface area (Å²) < 4.78 is 30.5. The molecule has 0 spiro atoms. The van der Waals surface area contributed by atoms with E-state index < -0.39 is 72.3 Å². The number of carbonyl (C=O) groups is 3. The third-order valence-corrected chi connectivity index (χ3v) is 5.27.